The molecular formula is C26H30Cl2N8O. The van der Waals surface area contributed by atoms with Crippen molar-refractivity contribution in [2.75, 3.05) is 37.6 Å². The number of nitrogens with two attached hydrogens (primary N) is 1. The molecule has 2 aliphatic rings. The number of hydrogen-bond donors (Lipinski definition) is 1. The number of anilines is 1. The zero-order chi connectivity index (χ0) is 26.1. The zero-order valence-electron chi connectivity index (χ0n) is 20.8. The summed E-state index contributed by atoms with van der Waals surface area (Å²) in [5.41, 5.74) is 7.42. The van der Waals surface area contributed by atoms with E-state index in [-0.39, 0.29) is 17.6 Å². The van der Waals surface area contributed by atoms with Crippen LogP contribution < -0.4 is 10.6 Å². The Balaban J connectivity index is 1.30. The van der Waals surface area contributed by atoms with Crippen LogP contribution in [0.25, 0.3) is 11.2 Å². The normalized spacial score (nSPS) is 19.5. The van der Waals surface area contributed by atoms with E-state index in [2.05, 4.69) is 26.0 Å². The fraction of sp³-hybridized carbons (Fsp3) is 0.500. The van der Waals surface area contributed by atoms with E-state index in [9.17, 15) is 10.1 Å². The molecular weight excluding hydrogens is 511 g/mol. The van der Waals surface area contributed by atoms with Crippen LogP contribution in [-0.2, 0) is 4.79 Å². The summed E-state index contributed by atoms with van der Waals surface area (Å²) in [6.45, 7) is 6.91. The number of benzene rings is 1. The molecule has 2 N–H and O–H groups in total. The van der Waals surface area contributed by atoms with Gasteiger partial charge in [-0.3, -0.25) is 4.79 Å². The van der Waals surface area contributed by atoms with Crippen LogP contribution in [0.15, 0.2) is 24.4 Å². The Morgan fingerprint density at radius 3 is 2.81 bits per heavy atom. The summed E-state index contributed by atoms with van der Waals surface area (Å²) >= 11 is 12.5. The van der Waals surface area contributed by atoms with Crippen LogP contribution in [-0.4, -0.2) is 63.3 Å². The Morgan fingerprint density at radius 1 is 1.27 bits per heavy atom. The second-order valence-corrected chi connectivity index (χ2v) is 10.9. The molecule has 194 valence electrons. The zero-order valence-corrected chi connectivity index (χ0v) is 22.3. The van der Waals surface area contributed by atoms with Gasteiger partial charge >= 0.3 is 0 Å². The predicted octanol–water partition coefficient (Wildman–Crippen LogP) is 4.03. The number of carbonyl (C=O) groups excluding carboxylic acids is 1. The number of aromatic nitrogens is 4. The maximum atomic E-state index is 11.1. The van der Waals surface area contributed by atoms with Gasteiger partial charge in [-0.1, -0.05) is 29.3 Å². The Morgan fingerprint density at radius 2 is 2.08 bits per heavy atom. The fourth-order valence-corrected chi connectivity index (χ4v) is 6.09. The number of halogens is 2. The summed E-state index contributed by atoms with van der Waals surface area (Å²) < 4.78 is 1.72. The quantitative estimate of drug-likeness (QED) is 0.458. The van der Waals surface area contributed by atoms with E-state index in [0.717, 1.165) is 50.5 Å². The minimum absolute atomic E-state index is 0.227. The molecule has 0 bridgehead atoms. The molecule has 2 aromatic heterocycles. The van der Waals surface area contributed by atoms with Crippen LogP contribution in [0.2, 0.25) is 10.0 Å². The number of likely N-dealkylation sites (tertiary alicyclic amines) is 1. The van der Waals surface area contributed by atoms with Crippen LogP contribution in [0.1, 0.15) is 49.9 Å². The molecule has 0 saturated carbocycles. The molecule has 37 heavy (non-hydrogen) atoms. The van der Waals surface area contributed by atoms with Crippen LogP contribution in [0.4, 0.5) is 5.82 Å². The van der Waals surface area contributed by atoms with Gasteiger partial charge in [0.05, 0.1) is 12.2 Å². The van der Waals surface area contributed by atoms with E-state index in [4.69, 9.17) is 33.9 Å². The second-order valence-electron chi connectivity index (χ2n) is 10.1. The Hall–Kier alpha value is -2.93. The van der Waals surface area contributed by atoms with Gasteiger partial charge < -0.3 is 15.5 Å². The number of hydrogen-bond acceptors (Lipinski definition) is 7. The van der Waals surface area contributed by atoms with Crippen molar-refractivity contribution in [3.63, 3.8) is 0 Å². The van der Waals surface area contributed by atoms with E-state index >= 15 is 0 Å². The highest BCUT2D eigenvalue weighted by Gasteiger charge is 2.36. The fourth-order valence-electron chi connectivity index (χ4n) is 5.52. The van der Waals surface area contributed by atoms with Gasteiger partial charge in [0.1, 0.15) is 17.4 Å². The number of primary amides is 1. The maximum Gasteiger partial charge on any atom is 0.217 e. The maximum absolute atomic E-state index is 11.1. The molecule has 0 spiro atoms. The average molecular weight is 541 g/mol. The SMILES string of the molecule is CC(c1ccc(Cl)cc1Cl)n1nc(C#N)c2ncc(N3CC([C@H]4CCCN(CCCC(N)=O)C4)C3)nc21. The molecule has 0 aliphatic carbocycles. The number of piperidine rings is 1. The number of nitriles is 1. The van der Waals surface area contributed by atoms with Crippen molar-refractivity contribution in [3.05, 3.63) is 45.7 Å². The first-order valence-corrected chi connectivity index (χ1v) is 13.5. The summed E-state index contributed by atoms with van der Waals surface area (Å²) in [7, 11) is 0. The average Bonchev–Trinajstić information content (AvgIpc) is 3.21. The molecule has 2 aliphatic heterocycles. The Labute approximate surface area is 226 Å². The molecule has 5 rings (SSSR count). The molecule has 4 heterocycles. The standard InChI is InChI=1S/C26H30Cl2N8O/c1-16(20-7-6-19(27)10-21(20)28)36-26-25(22(11-29)33-36)31-12-24(32-26)35-14-18(15-35)17-4-2-8-34(13-17)9-3-5-23(30)37/h6-7,10,12,16-18H,2-5,8-9,13-15H2,1H3,(H2,30,37)/t16?,17-/m0/s1. The van der Waals surface area contributed by atoms with Crippen molar-refractivity contribution in [2.45, 2.75) is 38.6 Å². The van der Waals surface area contributed by atoms with Crippen molar-refractivity contribution >= 4 is 46.1 Å². The van der Waals surface area contributed by atoms with E-state index in [0.29, 0.717) is 39.5 Å². The van der Waals surface area contributed by atoms with Crippen molar-refractivity contribution < 1.29 is 4.79 Å². The molecule has 9 nitrogen and oxygen atoms in total. The molecule has 2 atom stereocenters. The molecule has 2 saturated heterocycles. The van der Waals surface area contributed by atoms with Crippen LogP contribution >= 0.6 is 23.2 Å². The summed E-state index contributed by atoms with van der Waals surface area (Å²) in [5.74, 6) is 1.80. The van der Waals surface area contributed by atoms with Gasteiger partial charge in [-0.15, -0.1) is 0 Å². The smallest absolute Gasteiger partial charge is 0.217 e. The van der Waals surface area contributed by atoms with Crippen LogP contribution in [0.5, 0.6) is 0 Å². The monoisotopic (exact) mass is 540 g/mol. The van der Waals surface area contributed by atoms with Crippen molar-refractivity contribution in [2.24, 2.45) is 17.6 Å². The first-order valence-electron chi connectivity index (χ1n) is 12.7. The lowest BCUT2D eigenvalue weighted by atomic mass is 9.80. The molecule has 2 fully saturated rings. The van der Waals surface area contributed by atoms with Gasteiger partial charge in [0.15, 0.2) is 11.3 Å². The third-order valence-corrected chi connectivity index (χ3v) is 8.18. The predicted molar refractivity (Wildman–Crippen MR) is 144 cm³/mol. The highest BCUT2D eigenvalue weighted by atomic mass is 35.5. The van der Waals surface area contributed by atoms with Gasteiger partial charge in [-0.25, -0.2) is 14.6 Å². The molecule has 1 unspecified atom stereocenters. The van der Waals surface area contributed by atoms with E-state index < -0.39 is 0 Å². The van der Waals surface area contributed by atoms with Gasteiger partial charge in [0.2, 0.25) is 5.91 Å². The minimum atomic E-state index is -0.258. The van der Waals surface area contributed by atoms with Gasteiger partial charge in [0.25, 0.3) is 0 Å². The first-order chi connectivity index (χ1) is 17.8. The topological polar surface area (TPSA) is 117 Å². The van der Waals surface area contributed by atoms with Crippen LogP contribution in [0, 0.1) is 23.2 Å². The summed E-state index contributed by atoms with van der Waals surface area (Å²) in [4.78, 5) is 25.2. The summed E-state index contributed by atoms with van der Waals surface area (Å²) in [5, 5.41) is 15.2. The third kappa shape index (κ3) is 5.37. The number of nitrogens with zero attached hydrogens (tertiary/aromatic N) is 7. The third-order valence-electron chi connectivity index (χ3n) is 7.62. The minimum Gasteiger partial charge on any atom is -0.370 e. The molecule has 1 amide bonds. The van der Waals surface area contributed by atoms with Gasteiger partial charge in [-0.05, 0) is 68.8 Å². The highest BCUT2D eigenvalue weighted by molar-refractivity contribution is 6.35. The van der Waals surface area contributed by atoms with E-state index in [1.807, 2.05) is 13.0 Å². The number of fused-ring (bicyclic) bond motifs is 1. The van der Waals surface area contributed by atoms with Crippen molar-refractivity contribution in [1.82, 2.24) is 24.6 Å². The number of amides is 1. The second kappa shape index (κ2) is 10.8. The number of carbonyl (C=O) groups is 1. The lowest BCUT2D eigenvalue weighted by molar-refractivity contribution is -0.118. The molecule has 11 heteroatoms. The number of rotatable bonds is 8. The van der Waals surface area contributed by atoms with Gasteiger partial charge in [-0.2, -0.15) is 10.4 Å². The first kappa shape index (κ1) is 25.7. The van der Waals surface area contributed by atoms with E-state index in [1.165, 1.54) is 12.8 Å². The van der Waals surface area contributed by atoms with Gasteiger partial charge in [0, 0.05) is 36.1 Å². The Kier molecular flexibility index (Phi) is 7.52. The largest absolute Gasteiger partial charge is 0.370 e. The summed E-state index contributed by atoms with van der Waals surface area (Å²) in [6.07, 6.45) is 5.43. The van der Waals surface area contributed by atoms with Crippen molar-refractivity contribution in [1.29, 1.82) is 5.26 Å². The molecule has 1 aromatic carbocycles. The lowest BCUT2D eigenvalue weighted by Crippen LogP contribution is -2.54. The van der Waals surface area contributed by atoms with Crippen LogP contribution in [0.3, 0.4) is 0 Å². The Bertz CT molecular complexity index is 1350. The lowest BCUT2D eigenvalue weighted by Gasteiger charge is -2.47. The van der Waals surface area contributed by atoms with Crippen molar-refractivity contribution in [3.8, 4) is 6.07 Å². The molecule has 3 aromatic rings. The summed E-state index contributed by atoms with van der Waals surface area (Å²) in [6, 6.07) is 7.24. The van der Waals surface area contributed by atoms with E-state index in [1.54, 1.807) is 23.0 Å². The highest BCUT2D eigenvalue weighted by Crippen LogP contribution is 2.35. The molecule has 0 radical (unpaired) electrons.